The Labute approximate surface area is 149 Å². The molecule has 3 heteroatoms. The SMILES string of the molecule is CC(=O)N(CCC[NH+](C)C)C[C@H]1CC=C(CCC=C(C)C)C[C@@H]1C. The lowest BCUT2D eigenvalue weighted by Crippen LogP contribution is -3.05. The Hall–Kier alpha value is -1.09. The van der Waals surface area contributed by atoms with Crippen molar-refractivity contribution in [2.75, 3.05) is 33.7 Å². The molecule has 1 aliphatic rings. The van der Waals surface area contributed by atoms with Crippen molar-refractivity contribution in [1.29, 1.82) is 0 Å². The average molecular weight is 336 g/mol. The standard InChI is InChI=1S/C21H38N2O/c1-17(2)9-7-10-20-11-12-21(18(3)15-20)16-23(19(4)24)14-8-13-22(5)6/h9,11,18,21H,7-8,10,12-16H2,1-6H3/p+1/t18-,21+/m0/s1. The van der Waals surface area contributed by atoms with Gasteiger partial charge in [0.2, 0.25) is 5.91 Å². The van der Waals surface area contributed by atoms with Crippen LogP contribution < -0.4 is 4.90 Å². The van der Waals surface area contributed by atoms with Crippen molar-refractivity contribution in [3.8, 4) is 0 Å². The van der Waals surface area contributed by atoms with Gasteiger partial charge in [-0.1, -0.05) is 30.2 Å². The molecule has 0 bridgehead atoms. The maximum atomic E-state index is 12.0. The number of rotatable bonds is 9. The summed E-state index contributed by atoms with van der Waals surface area (Å²) in [7, 11) is 4.34. The van der Waals surface area contributed by atoms with Gasteiger partial charge in [-0.2, -0.15) is 0 Å². The summed E-state index contributed by atoms with van der Waals surface area (Å²) in [5.74, 6) is 1.53. The Morgan fingerprint density at radius 1 is 1.33 bits per heavy atom. The highest BCUT2D eigenvalue weighted by Gasteiger charge is 2.25. The molecule has 0 spiro atoms. The van der Waals surface area contributed by atoms with E-state index in [1.165, 1.54) is 23.3 Å². The molecule has 2 atom stereocenters. The van der Waals surface area contributed by atoms with Crippen LogP contribution in [0.4, 0.5) is 0 Å². The van der Waals surface area contributed by atoms with Gasteiger partial charge in [0.1, 0.15) is 0 Å². The van der Waals surface area contributed by atoms with E-state index in [0.717, 1.165) is 38.9 Å². The van der Waals surface area contributed by atoms with Crippen molar-refractivity contribution in [3.63, 3.8) is 0 Å². The van der Waals surface area contributed by atoms with Gasteiger partial charge < -0.3 is 9.80 Å². The molecule has 1 N–H and O–H groups in total. The van der Waals surface area contributed by atoms with Crippen molar-refractivity contribution >= 4 is 5.91 Å². The molecule has 3 nitrogen and oxygen atoms in total. The van der Waals surface area contributed by atoms with Crippen LogP contribution in [-0.4, -0.2) is 44.5 Å². The monoisotopic (exact) mass is 335 g/mol. The molecule has 0 unspecified atom stereocenters. The highest BCUT2D eigenvalue weighted by atomic mass is 16.2. The summed E-state index contributed by atoms with van der Waals surface area (Å²) in [5, 5.41) is 0. The molecule has 0 aromatic heterocycles. The number of hydrogen-bond acceptors (Lipinski definition) is 1. The molecule has 24 heavy (non-hydrogen) atoms. The summed E-state index contributed by atoms with van der Waals surface area (Å²) in [6.07, 6.45) is 10.6. The third-order valence-electron chi connectivity index (χ3n) is 5.12. The number of carbonyl (C=O) groups excluding carboxylic acids is 1. The number of carbonyl (C=O) groups is 1. The summed E-state index contributed by atoms with van der Waals surface area (Å²) in [6, 6.07) is 0. The van der Waals surface area contributed by atoms with Gasteiger partial charge in [0, 0.05) is 26.4 Å². The third kappa shape index (κ3) is 8.14. The van der Waals surface area contributed by atoms with E-state index in [0.29, 0.717) is 11.8 Å². The van der Waals surface area contributed by atoms with Gasteiger partial charge in [-0.3, -0.25) is 4.79 Å². The van der Waals surface area contributed by atoms with Crippen molar-refractivity contribution in [2.45, 2.75) is 59.8 Å². The van der Waals surface area contributed by atoms with E-state index in [9.17, 15) is 4.79 Å². The van der Waals surface area contributed by atoms with Crippen LogP contribution in [0.5, 0.6) is 0 Å². The maximum absolute atomic E-state index is 12.0. The first-order valence-corrected chi connectivity index (χ1v) is 9.65. The minimum Gasteiger partial charge on any atom is -0.342 e. The fourth-order valence-corrected chi connectivity index (χ4v) is 3.50. The Morgan fingerprint density at radius 3 is 2.58 bits per heavy atom. The Bertz CT molecular complexity index is 447. The van der Waals surface area contributed by atoms with Crippen LogP contribution in [0.15, 0.2) is 23.3 Å². The summed E-state index contributed by atoms with van der Waals surface area (Å²) < 4.78 is 0. The van der Waals surface area contributed by atoms with E-state index >= 15 is 0 Å². The summed E-state index contributed by atoms with van der Waals surface area (Å²) in [5.41, 5.74) is 3.02. The van der Waals surface area contributed by atoms with Crippen molar-refractivity contribution in [1.82, 2.24) is 4.90 Å². The maximum Gasteiger partial charge on any atom is 0.219 e. The Balaban J connectivity index is 2.50. The van der Waals surface area contributed by atoms with Crippen LogP contribution in [0.3, 0.4) is 0 Å². The van der Waals surface area contributed by atoms with Gasteiger partial charge in [-0.05, 0) is 51.4 Å². The van der Waals surface area contributed by atoms with Crippen molar-refractivity contribution in [2.24, 2.45) is 11.8 Å². The second-order valence-corrected chi connectivity index (χ2v) is 8.14. The lowest BCUT2D eigenvalue weighted by molar-refractivity contribution is -0.858. The third-order valence-corrected chi connectivity index (χ3v) is 5.12. The molecule has 138 valence electrons. The molecule has 0 heterocycles. The molecule has 0 aliphatic heterocycles. The van der Waals surface area contributed by atoms with Gasteiger partial charge in [0.15, 0.2) is 0 Å². The lowest BCUT2D eigenvalue weighted by Gasteiger charge is -2.33. The van der Waals surface area contributed by atoms with Gasteiger partial charge in [0.05, 0.1) is 20.6 Å². The summed E-state index contributed by atoms with van der Waals surface area (Å²) >= 11 is 0. The molecule has 1 amide bonds. The smallest absolute Gasteiger partial charge is 0.219 e. The van der Waals surface area contributed by atoms with E-state index < -0.39 is 0 Å². The molecule has 0 fully saturated rings. The van der Waals surface area contributed by atoms with Gasteiger partial charge in [0.25, 0.3) is 0 Å². The van der Waals surface area contributed by atoms with Crippen LogP contribution in [0.25, 0.3) is 0 Å². The van der Waals surface area contributed by atoms with Gasteiger partial charge in [-0.25, -0.2) is 0 Å². The minimum absolute atomic E-state index is 0.231. The number of allylic oxidation sites excluding steroid dienone is 4. The normalized spacial score (nSPS) is 20.7. The minimum atomic E-state index is 0.231. The Kier molecular flexibility index (Phi) is 9.35. The molecule has 1 rings (SSSR count). The largest absolute Gasteiger partial charge is 0.342 e. The van der Waals surface area contributed by atoms with Crippen molar-refractivity contribution < 1.29 is 9.69 Å². The predicted octanol–water partition coefficient (Wildman–Crippen LogP) is 3.09. The first-order valence-electron chi connectivity index (χ1n) is 9.65. The first-order chi connectivity index (χ1) is 11.3. The topological polar surface area (TPSA) is 24.8 Å². The number of nitrogens with zero attached hydrogens (tertiary/aromatic N) is 1. The molecule has 0 aromatic carbocycles. The molecule has 0 saturated heterocycles. The van der Waals surface area contributed by atoms with E-state index in [2.05, 4.69) is 51.9 Å². The molecular weight excluding hydrogens is 296 g/mol. The zero-order valence-corrected chi connectivity index (χ0v) is 16.8. The van der Waals surface area contributed by atoms with E-state index in [1.54, 1.807) is 12.5 Å². The number of amides is 1. The number of nitrogens with one attached hydrogen (secondary N) is 1. The van der Waals surface area contributed by atoms with Crippen LogP contribution in [0.2, 0.25) is 0 Å². The van der Waals surface area contributed by atoms with Crippen LogP contribution in [-0.2, 0) is 4.79 Å². The zero-order chi connectivity index (χ0) is 18.1. The Morgan fingerprint density at radius 2 is 2.04 bits per heavy atom. The molecular formula is C21H39N2O+. The molecule has 0 radical (unpaired) electrons. The summed E-state index contributed by atoms with van der Waals surface area (Å²) in [6.45, 7) is 11.4. The fraction of sp³-hybridized carbons (Fsp3) is 0.762. The van der Waals surface area contributed by atoms with E-state index in [-0.39, 0.29) is 5.91 Å². The molecule has 0 aromatic rings. The second-order valence-electron chi connectivity index (χ2n) is 8.14. The number of hydrogen-bond donors (Lipinski definition) is 1. The van der Waals surface area contributed by atoms with Crippen LogP contribution >= 0.6 is 0 Å². The van der Waals surface area contributed by atoms with E-state index in [4.69, 9.17) is 0 Å². The quantitative estimate of drug-likeness (QED) is 0.644. The second kappa shape index (κ2) is 10.7. The predicted molar refractivity (Wildman–Crippen MR) is 103 cm³/mol. The summed E-state index contributed by atoms with van der Waals surface area (Å²) in [4.78, 5) is 15.5. The average Bonchev–Trinajstić information content (AvgIpc) is 2.47. The molecule has 1 aliphatic carbocycles. The highest BCUT2D eigenvalue weighted by molar-refractivity contribution is 5.73. The van der Waals surface area contributed by atoms with Crippen LogP contribution in [0, 0.1) is 11.8 Å². The van der Waals surface area contributed by atoms with Gasteiger partial charge >= 0.3 is 0 Å². The van der Waals surface area contributed by atoms with E-state index in [1.807, 2.05) is 0 Å². The van der Waals surface area contributed by atoms with Crippen LogP contribution in [0.1, 0.15) is 59.8 Å². The fourth-order valence-electron chi connectivity index (χ4n) is 3.50. The molecule has 0 saturated carbocycles. The zero-order valence-electron chi connectivity index (χ0n) is 16.8. The lowest BCUT2D eigenvalue weighted by atomic mass is 9.79. The van der Waals surface area contributed by atoms with Gasteiger partial charge in [-0.15, -0.1) is 0 Å². The highest BCUT2D eigenvalue weighted by Crippen LogP contribution is 2.32. The van der Waals surface area contributed by atoms with Crippen molar-refractivity contribution in [3.05, 3.63) is 23.3 Å². The number of quaternary nitrogens is 1. The first kappa shape index (κ1) is 21.0.